The Kier molecular flexibility index (Phi) is 3.66. The number of H-pyrrole nitrogens is 1. The average molecular weight is 245 g/mol. The zero-order chi connectivity index (χ0) is 10.7. The quantitative estimate of drug-likeness (QED) is 0.762. The smallest absolute Gasteiger partial charge is 0.220 e. The third kappa shape index (κ3) is 2.73. The molecular formula is C8H15N5S2. The van der Waals surface area contributed by atoms with Crippen LogP contribution < -0.4 is 5.73 Å². The van der Waals surface area contributed by atoms with E-state index in [1.807, 2.05) is 16.3 Å². The van der Waals surface area contributed by atoms with Crippen LogP contribution >= 0.6 is 24.0 Å². The molecule has 7 heteroatoms. The largest absolute Gasteiger partial charge is 0.368 e. The van der Waals surface area contributed by atoms with Gasteiger partial charge in [-0.1, -0.05) is 0 Å². The molecule has 84 valence electrons. The van der Waals surface area contributed by atoms with Gasteiger partial charge in [-0.15, -0.1) is 5.10 Å². The molecule has 0 bridgehead atoms. The predicted octanol–water partition coefficient (Wildman–Crippen LogP) is 0.572. The molecule has 1 aliphatic rings. The second-order valence-electron chi connectivity index (χ2n) is 3.49. The van der Waals surface area contributed by atoms with Crippen LogP contribution in [0.2, 0.25) is 0 Å². The fraction of sp³-hybridized carbons (Fsp3) is 0.750. The Morgan fingerprint density at radius 1 is 1.40 bits per heavy atom. The number of hydrogen-bond donors (Lipinski definition) is 2. The van der Waals surface area contributed by atoms with Crippen molar-refractivity contribution in [3.05, 3.63) is 4.77 Å². The first kappa shape index (κ1) is 11.0. The summed E-state index contributed by atoms with van der Waals surface area (Å²) in [7, 11) is 0. The van der Waals surface area contributed by atoms with Gasteiger partial charge >= 0.3 is 0 Å². The van der Waals surface area contributed by atoms with Crippen molar-refractivity contribution < 1.29 is 0 Å². The number of aromatic amines is 1. The van der Waals surface area contributed by atoms with Crippen LogP contribution in [-0.4, -0.2) is 50.8 Å². The molecule has 0 spiro atoms. The van der Waals surface area contributed by atoms with Gasteiger partial charge in [0.05, 0.1) is 0 Å². The summed E-state index contributed by atoms with van der Waals surface area (Å²) < 4.78 is 2.45. The van der Waals surface area contributed by atoms with Crippen molar-refractivity contribution in [2.75, 3.05) is 36.9 Å². The summed E-state index contributed by atoms with van der Waals surface area (Å²) in [4.78, 5) is 2.44. The van der Waals surface area contributed by atoms with Crippen molar-refractivity contribution in [3.8, 4) is 0 Å². The van der Waals surface area contributed by atoms with Crippen LogP contribution in [0.15, 0.2) is 0 Å². The Labute approximate surface area is 98.0 Å². The van der Waals surface area contributed by atoms with Crippen molar-refractivity contribution in [1.82, 2.24) is 19.7 Å². The second kappa shape index (κ2) is 5.00. The SMILES string of the molecule is Nc1n[nH]c(=S)n1CCN1CCSCC1. The number of thioether (sulfide) groups is 1. The Morgan fingerprint density at radius 3 is 2.73 bits per heavy atom. The minimum atomic E-state index is 0.478. The highest BCUT2D eigenvalue weighted by Crippen LogP contribution is 2.09. The first-order chi connectivity index (χ1) is 7.27. The van der Waals surface area contributed by atoms with E-state index in [2.05, 4.69) is 15.1 Å². The predicted molar refractivity (Wildman–Crippen MR) is 65.6 cm³/mol. The van der Waals surface area contributed by atoms with Crippen molar-refractivity contribution in [1.29, 1.82) is 0 Å². The van der Waals surface area contributed by atoms with Gasteiger partial charge in [-0.2, -0.15) is 11.8 Å². The molecule has 1 aromatic rings. The number of nitrogen functional groups attached to an aromatic ring is 1. The maximum Gasteiger partial charge on any atom is 0.220 e. The molecule has 5 nitrogen and oxygen atoms in total. The van der Waals surface area contributed by atoms with Crippen LogP contribution in [-0.2, 0) is 6.54 Å². The molecule has 1 aromatic heterocycles. The third-order valence-electron chi connectivity index (χ3n) is 2.53. The van der Waals surface area contributed by atoms with E-state index < -0.39 is 0 Å². The van der Waals surface area contributed by atoms with Crippen LogP contribution in [0, 0.1) is 4.77 Å². The summed E-state index contributed by atoms with van der Waals surface area (Å²) >= 11 is 7.10. The lowest BCUT2D eigenvalue weighted by Crippen LogP contribution is -2.35. The van der Waals surface area contributed by atoms with Gasteiger partial charge in [-0.05, 0) is 12.2 Å². The number of nitrogens with one attached hydrogen (secondary N) is 1. The third-order valence-corrected chi connectivity index (χ3v) is 3.79. The number of anilines is 1. The monoisotopic (exact) mass is 245 g/mol. The van der Waals surface area contributed by atoms with Gasteiger partial charge in [-0.25, -0.2) is 5.10 Å². The van der Waals surface area contributed by atoms with Gasteiger partial charge in [0, 0.05) is 37.7 Å². The van der Waals surface area contributed by atoms with Crippen molar-refractivity contribution in [3.63, 3.8) is 0 Å². The van der Waals surface area contributed by atoms with E-state index in [0.29, 0.717) is 10.7 Å². The van der Waals surface area contributed by atoms with E-state index in [1.165, 1.54) is 11.5 Å². The summed E-state index contributed by atoms with van der Waals surface area (Å²) in [6, 6.07) is 0. The molecule has 0 radical (unpaired) electrons. The molecule has 15 heavy (non-hydrogen) atoms. The Balaban J connectivity index is 1.89. The molecule has 1 saturated heterocycles. The minimum Gasteiger partial charge on any atom is -0.368 e. The van der Waals surface area contributed by atoms with Crippen molar-refractivity contribution in [2.45, 2.75) is 6.54 Å². The summed E-state index contributed by atoms with van der Waals surface area (Å²) in [5.74, 6) is 2.94. The molecule has 1 aliphatic heterocycles. The molecule has 2 heterocycles. The Bertz CT molecular complexity index is 365. The second-order valence-corrected chi connectivity index (χ2v) is 5.10. The lowest BCUT2D eigenvalue weighted by Gasteiger charge is -2.26. The summed E-state index contributed by atoms with van der Waals surface area (Å²) in [6.07, 6.45) is 0. The van der Waals surface area contributed by atoms with Crippen LogP contribution in [0.25, 0.3) is 0 Å². The van der Waals surface area contributed by atoms with Gasteiger partial charge in [0.15, 0.2) is 4.77 Å². The van der Waals surface area contributed by atoms with Crippen molar-refractivity contribution >= 4 is 29.9 Å². The van der Waals surface area contributed by atoms with Gasteiger partial charge in [0.25, 0.3) is 0 Å². The highest BCUT2D eigenvalue weighted by Gasteiger charge is 2.10. The number of hydrogen-bond acceptors (Lipinski definition) is 5. The molecular weight excluding hydrogens is 230 g/mol. The van der Waals surface area contributed by atoms with Gasteiger partial charge in [0.1, 0.15) is 0 Å². The molecule has 0 aliphatic carbocycles. The Morgan fingerprint density at radius 2 is 2.13 bits per heavy atom. The molecule has 3 N–H and O–H groups in total. The van der Waals surface area contributed by atoms with Gasteiger partial charge in [0.2, 0.25) is 5.95 Å². The number of nitrogens with zero attached hydrogens (tertiary/aromatic N) is 3. The zero-order valence-electron chi connectivity index (χ0n) is 8.48. The van der Waals surface area contributed by atoms with Crippen molar-refractivity contribution in [2.24, 2.45) is 0 Å². The molecule has 2 rings (SSSR count). The highest BCUT2D eigenvalue weighted by molar-refractivity contribution is 7.99. The van der Waals surface area contributed by atoms with E-state index >= 15 is 0 Å². The van der Waals surface area contributed by atoms with E-state index in [4.69, 9.17) is 18.0 Å². The first-order valence-corrected chi connectivity index (χ1v) is 6.54. The molecule has 0 unspecified atom stereocenters. The number of rotatable bonds is 3. The van der Waals surface area contributed by atoms with Gasteiger partial charge in [-0.3, -0.25) is 9.47 Å². The lowest BCUT2D eigenvalue weighted by molar-refractivity contribution is 0.289. The zero-order valence-corrected chi connectivity index (χ0v) is 10.1. The fourth-order valence-electron chi connectivity index (χ4n) is 1.61. The minimum absolute atomic E-state index is 0.478. The first-order valence-electron chi connectivity index (χ1n) is 4.98. The molecule has 0 aromatic carbocycles. The maximum atomic E-state index is 5.69. The number of aromatic nitrogens is 3. The van der Waals surface area contributed by atoms with Crippen LogP contribution in [0.3, 0.4) is 0 Å². The lowest BCUT2D eigenvalue weighted by atomic mass is 10.4. The van der Waals surface area contributed by atoms with E-state index in [9.17, 15) is 0 Å². The standard InChI is InChI=1S/C8H15N5S2/c9-7-10-11-8(14)13(7)2-1-12-3-5-15-6-4-12/h1-6H2,(H2,9,10)(H,11,14). The fourth-order valence-corrected chi connectivity index (χ4v) is 2.82. The van der Waals surface area contributed by atoms with E-state index in [-0.39, 0.29) is 0 Å². The molecule has 0 amide bonds. The summed E-state index contributed by atoms with van der Waals surface area (Å²) in [6.45, 7) is 4.15. The van der Waals surface area contributed by atoms with E-state index in [1.54, 1.807) is 0 Å². The van der Waals surface area contributed by atoms with Crippen LogP contribution in [0.5, 0.6) is 0 Å². The number of nitrogens with two attached hydrogens (primary N) is 1. The topological polar surface area (TPSA) is 62.9 Å². The summed E-state index contributed by atoms with van der Waals surface area (Å²) in [5.41, 5.74) is 5.69. The maximum absolute atomic E-state index is 5.69. The Hall–Kier alpha value is -0.530. The summed E-state index contributed by atoms with van der Waals surface area (Å²) in [5, 5.41) is 6.57. The van der Waals surface area contributed by atoms with E-state index in [0.717, 1.165) is 26.2 Å². The molecule has 0 saturated carbocycles. The average Bonchev–Trinajstić information content (AvgIpc) is 2.58. The van der Waals surface area contributed by atoms with Gasteiger partial charge < -0.3 is 5.73 Å². The molecule has 1 fully saturated rings. The molecule has 0 atom stereocenters. The van der Waals surface area contributed by atoms with Crippen LogP contribution in [0.4, 0.5) is 5.95 Å². The highest BCUT2D eigenvalue weighted by atomic mass is 32.2. The normalized spacial score (nSPS) is 18.1. The van der Waals surface area contributed by atoms with Crippen LogP contribution in [0.1, 0.15) is 0 Å².